The minimum Gasteiger partial charge on any atom is -0.458 e. The van der Waals surface area contributed by atoms with Gasteiger partial charge in [-0.25, -0.2) is 0 Å². The van der Waals surface area contributed by atoms with Crippen LogP contribution in [0.3, 0.4) is 0 Å². The molecule has 3 heterocycles. The summed E-state index contributed by atoms with van der Waals surface area (Å²) >= 11 is 0. The number of ether oxygens (including phenoxy) is 1. The maximum absolute atomic E-state index is 7.44. The summed E-state index contributed by atoms with van der Waals surface area (Å²) in [5.41, 5.74) is 26.7. The summed E-state index contributed by atoms with van der Waals surface area (Å²) in [5.74, 6) is 1.84. The number of hydrogen-bond acceptors (Lipinski definition) is 2. The number of para-hydroxylation sites is 2. The number of allylic oxidation sites excluding steroid dienone is 4. The van der Waals surface area contributed by atoms with Crippen molar-refractivity contribution < 1.29 is 4.74 Å². The fourth-order valence-corrected chi connectivity index (χ4v) is 13.7. The highest BCUT2D eigenvalue weighted by Gasteiger charge is 2.44. The molecule has 2 aliphatic carbocycles. The van der Waals surface area contributed by atoms with Crippen molar-refractivity contribution in [2.24, 2.45) is 5.41 Å². The van der Waals surface area contributed by atoms with Crippen molar-refractivity contribution in [1.82, 2.24) is 4.57 Å². The van der Waals surface area contributed by atoms with Gasteiger partial charge in [0.2, 0.25) is 0 Å². The van der Waals surface area contributed by atoms with E-state index in [2.05, 4.69) is 272 Å². The van der Waals surface area contributed by atoms with Crippen LogP contribution in [0.1, 0.15) is 109 Å². The molecule has 0 radical (unpaired) electrons. The molecule has 382 valence electrons. The van der Waals surface area contributed by atoms with Gasteiger partial charge in [0.05, 0.1) is 16.7 Å². The van der Waals surface area contributed by atoms with Gasteiger partial charge in [0.1, 0.15) is 11.5 Å². The smallest absolute Gasteiger partial charge is 0.256 e. The number of aromatic nitrogens is 1. The minimum absolute atomic E-state index is 0.00971. The zero-order valence-electron chi connectivity index (χ0n) is 46.6. The second kappa shape index (κ2) is 17.7. The quantitative estimate of drug-likeness (QED) is 0.164. The van der Waals surface area contributed by atoms with Crippen LogP contribution >= 0.6 is 0 Å². The van der Waals surface area contributed by atoms with Gasteiger partial charge < -0.3 is 14.2 Å². The summed E-state index contributed by atoms with van der Waals surface area (Å²) in [5, 5.41) is 2.48. The fourth-order valence-electron chi connectivity index (χ4n) is 13.7. The summed E-state index contributed by atoms with van der Waals surface area (Å²) in [6.07, 6.45) is 7.60. The molecule has 0 fully saturated rings. The largest absolute Gasteiger partial charge is 0.458 e. The number of nitrogens with zero attached hydrogens (tertiary/aromatic N) is 2. The Morgan fingerprint density at radius 1 is 0.462 bits per heavy atom. The highest BCUT2D eigenvalue weighted by Crippen LogP contribution is 2.50. The van der Waals surface area contributed by atoms with Gasteiger partial charge in [-0.15, -0.1) is 0 Å². The Kier molecular flexibility index (Phi) is 11.0. The standard InChI is InChI=1S/C74H67BN2O/c1-72(2,3)47-33-37-50(38-34-47)76-66-39-35-48(73(4,5)6)42-63(66)75-64-43-49(74(7,8)9)36-40-68(64)78-69-45-51(44-67(76)70(69)75)77-65-32-19-18-29-59(65)60-30-20-31-61(71(60)77)62-41-46-21-10-11-22-52(46)53-23-12-13-24-54(53)55-25-14-15-26-56(55)57-27-16-17-28-58(57)62/h10-33,35-37,39-40,42-45,62H,34,38,41H2,1-9H3. The van der Waals surface area contributed by atoms with Gasteiger partial charge >= 0.3 is 0 Å². The second-order valence-corrected chi connectivity index (χ2v) is 25.6. The third-order valence-corrected chi connectivity index (χ3v) is 17.7. The first-order valence-electron chi connectivity index (χ1n) is 28.3. The van der Waals surface area contributed by atoms with Gasteiger partial charge in [0.15, 0.2) is 0 Å². The Morgan fingerprint density at radius 3 is 1.74 bits per heavy atom. The van der Waals surface area contributed by atoms with E-state index in [1.54, 1.807) is 0 Å². The summed E-state index contributed by atoms with van der Waals surface area (Å²) in [4.78, 5) is 2.62. The van der Waals surface area contributed by atoms with E-state index in [0.717, 1.165) is 36.4 Å². The zero-order chi connectivity index (χ0) is 53.4. The molecule has 4 heteroatoms. The number of fused-ring (bicyclic) bond motifs is 14. The molecule has 10 aromatic rings. The van der Waals surface area contributed by atoms with E-state index in [0.29, 0.717) is 0 Å². The molecule has 1 unspecified atom stereocenters. The van der Waals surface area contributed by atoms with E-state index in [1.165, 1.54) is 122 Å². The number of rotatable bonds is 3. The lowest BCUT2D eigenvalue weighted by Gasteiger charge is -2.43. The van der Waals surface area contributed by atoms with Gasteiger partial charge in [0, 0.05) is 39.8 Å². The lowest BCUT2D eigenvalue weighted by atomic mass is 9.33. The molecule has 0 saturated heterocycles. The molecule has 0 spiro atoms. The molecule has 0 bridgehead atoms. The maximum atomic E-state index is 7.44. The highest BCUT2D eigenvalue weighted by atomic mass is 16.5. The molecule has 1 atom stereocenters. The van der Waals surface area contributed by atoms with Gasteiger partial charge in [-0.05, 0) is 143 Å². The van der Waals surface area contributed by atoms with Crippen molar-refractivity contribution in [2.45, 2.75) is 98.3 Å². The van der Waals surface area contributed by atoms with Crippen LogP contribution in [0.2, 0.25) is 0 Å². The summed E-state index contributed by atoms with van der Waals surface area (Å²) in [7, 11) is 0. The van der Waals surface area contributed by atoms with Crippen LogP contribution < -0.4 is 26.0 Å². The first-order valence-corrected chi connectivity index (χ1v) is 28.3. The lowest BCUT2D eigenvalue weighted by molar-refractivity contribution is 0.479. The van der Waals surface area contributed by atoms with Crippen LogP contribution in [0, 0.1) is 5.41 Å². The number of benzene rings is 9. The van der Waals surface area contributed by atoms with Crippen LogP contribution in [-0.4, -0.2) is 11.3 Å². The van der Waals surface area contributed by atoms with Gasteiger partial charge in [-0.1, -0.05) is 232 Å². The molecule has 4 aliphatic rings. The van der Waals surface area contributed by atoms with Crippen molar-refractivity contribution in [3.05, 3.63) is 239 Å². The first-order chi connectivity index (χ1) is 37.6. The molecule has 78 heavy (non-hydrogen) atoms. The fraction of sp³-hybridized carbons (Fsp3) is 0.216. The molecular weight excluding hydrogens is 944 g/mol. The van der Waals surface area contributed by atoms with Crippen molar-refractivity contribution in [2.75, 3.05) is 4.90 Å². The van der Waals surface area contributed by atoms with E-state index < -0.39 is 0 Å². The third-order valence-electron chi connectivity index (χ3n) is 17.7. The normalized spacial score (nSPS) is 15.7. The Hall–Kier alpha value is -8.08. The Balaban J connectivity index is 1.06. The summed E-state index contributed by atoms with van der Waals surface area (Å²) in [6.45, 7) is 21.0. The van der Waals surface area contributed by atoms with E-state index in [4.69, 9.17) is 4.74 Å². The van der Waals surface area contributed by atoms with Crippen LogP contribution in [0.15, 0.2) is 211 Å². The van der Waals surface area contributed by atoms with Crippen molar-refractivity contribution in [1.29, 1.82) is 0 Å². The van der Waals surface area contributed by atoms with Crippen molar-refractivity contribution >= 4 is 56.3 Å². The van der Waals surface area contributed by atoms with E-state index in [-0.39, 0.29) is 28.9 Å². The van der Waals surface area contributed by atoms with Gasteiger partial charge in [0.25, 0.3) is 6.71 Å². The molecule has 9 aromatic carbocycles. The molecule has 2 aliphatic heterocycles. The van der Waals surface area contributed by atoms with Gasteiger partial charge in [-0.2, -0.15) is 0 Å². The topological polar surface area (TPSA) is 17.4 Å². The Bertz CT molecular complexity index is 4180. The van der Waals surface area contributed by atoms with Crippen LogP contribution in [0.4, 0.5) is 11.4 Å². The Morgan fingerprint density at radius 2 is 1.05 bits per heavy atom. The maximum Gasteiger partial charge on any atom is 0.256 e. The van der Waals surface area contributed by atoms with E-state index in [1.807, 2.05) is 0 Å². The third kappa shape index (κ3) is 7.69. The minimum atomic E-state index is -0.0396. The molecule has 14 rings (SSSR count). The molecule has 0 N–H and O–H groups in total. The summed E-state index contributed by atoms with van der Waals surface area (Å²) in [6, 6.07) is 71.8. The molecule has 3 nitrogen and oxygen atoms in total. The molecule has 1 aromatic heterocycles. The van der Waals surface area contributed by atoms with Crippen molar-refractivity contribution in [3.8, 4) is 50.6 Å². The Labute approximate surface area is 461 Å². The van der Waals surface area contributed by atoms with E-state index >= 15 is 0 Å². The highest BCUT2D eigenvalue weighted by molar-refractivity contribution is 6.99. The molecular formula is C74H67BN2O. The summed E-state index contributed by atoms with van der Waals surface area (Å²) < 4.78 is 10.0. The molecule has 0 saturated carbocycles. The molecule has 0 amide bonds. The second-order valence-electron chi connectivity index (χ2n) is 25.6. The van der Waals surface area contributed by atoms with Crippen LogP contribution in [0.5, 0.6) is 11.5 Å². The van der Waals surface area contributed by atoms with Crippen molar-refractivity contribution in [3.63, 3.8) is 0 Å². The lowest BCUT2D eigenvalue weighted by Crippen LogP contribution is -2.60. The monoisotopic (exact) mass is 1010 g/mol. The first kappa shape index (κ1) is 48.3. The average Bonchev–Trinajstić information content (AvgIpc) is 3.82. The number of anilines is 2. The van der Waals surface area contributed by atoms with Gasteiger partial charge in [-0.3, -0.25) is 0 Å². The SMILES string of the molecule is CC(C)(C)C1=CC=C(N2c3ccc(C(C)(C)C)cc3B3c4cc(C(C)(C)C)ccc4Oc4cc(-n5c6ccccc6c6cccc(C7Cc8ccccc8-c8ccccc8-c8ccccc8-c8ccccc87)c65)cc2c43)CC1. The number of hydrogen-bond donors (Lipinski definition) is 0. The van der Waals surface area contributed by atoms with Crippen LogP contribution in [0.25, 0.3) is 60.9 Å². The predicted octanol–water partition coefficient (Wildman–Crippen LogP) is 17.8. The van der Waals surface area contributed by atoms with Crippen LogP contribution in [-0.2, 0) is 17.3 Å². The average molecular weight is 1010 g/mol. The van der Waals surface area contributed by atoms with E-state index in [9.17, 15) is 0 Å². The predicted molar refractivity (Wildman–Crippen MR) is 331 cm³/mol. The zero-order valence-corrected chi connectivity index (χ0v) is 46.6.